The first kappa shape index (κ1) is 18.1. The molecule has 2 bridgehead atoms. The molecule has 7 heteroatoms. The van der Waals surface area contributed by atoms with E-state index in [0.717, 1.165) is 48.6 Å². The summed E-state index contributed by atoms with van der Waals surface area (Å²) in [5.74, 6) is 0.907. The van der Waals surface area contributed by atoms with E-state index in [4.69, 9.17) is 9.15 Å². The van der Waals surface area contributed by atoms with Crippen molar-refractivity contribution in [1.82, 2.24) is 10.6 Å². The molecule has 6 nitrogen and oxygen atoms in total. The second-order valence-corrected chi connectivity index (χ2v) is 8.76. The highest BCUT2D eigenvalue weighted by atomic mass is 32.2. The van der Waals surface area contributed by atoms with Crippen LogP contribution in [0.4, 0.5) is 5.88 Å². The molecule has 3 atom stereocenters. The zero-order valence-corrected chi connectivity index (χ0v) is 16.5. The van der Waals surface area contributed by atoms with E-state index in [2.05, 4.69) is 15.5 Å². The molecule has 0 radical (unpaired) electrons. The van der Waals surface area contributed by atoms with Crippen molar-refractivity contribution >= 4 is 23.6 Å². The van der Waals surface area contributed by atoms with Gasteiger partial charge in [0.05, 0.1) is 13.2 Å². The highest BCUT2D eigenvalue weighted by Gasteiger charge is 2.39. The maximum atomic E-state index is 12.5. The Bertz CT molecular complexity index is 832. The number of hydrogen-bond acceptors (Lipinski definition) is 6. The normalized spacial score (nSPS) is 26.6. The lowest BCUT2D eigenvalue weighted by atomic mass is 9.95. The smallest absolute Gasteiger partial charge is 0.251 e. The minimum absolute atomic E-state index is 0.0171. The van der Waals surface area contributed by atoms with E-state index < -0.39 is 0 Å². The van der Waals surface area contributed by atoms with Crippen LogP contribution in [0, 0.1) is 0 Å². The van der Waals surface area contributed by atoms with Gasteiger partial charge in [0.15, 0.2) is 11.0 Å². The van der Waals surface area contributed by atoms with Crippen molar-refractivity contribution in [2.45, 2.75) is 47.4 Å². The maximum Gasteiger partial charge on any atom is 0.251 e. The fourth-order valence-electron chi connectivity index (χ4n) is 4.34. The molecule has 1 amide bonds. The summed E-state index contributed by atoms with van der Waals surface area (Å²) in [5.41, 5.74) is 0.709. The Balaban J connectivity index is 1.18. The summed E-state index contributed by atoms with van der Waals surface area (Å²) >= 11 is 1.57. The summed E-state index contributed by atoms with van der Waals surface area (Å²) in [7, 11) is 0. The topological polar surface area (TPSA) is 66.7 Å². The first-order chi connectivity index (χ1) is 13.7. The third-order valence-corrected chi connectivity index (χ3v) is 6.77. The van der Waals surface area contributed by atoms with Crippen LogP contribution in [0.25, 0.3) is 0 Å². The predicted octanol–water partition coefficient (Wildman–Crippen LogP) is 2.89. The number of benzene rings is 1. The number of morpholine rings is 1. The first-order valence-electron chi connectivity index (χ1n) is 10.0. The number of rotatable bonds is 5. The van der Waals surface area contributed by atoms with Gasteiger partial charge in [0, 0.05) is 47.7 Å². The Morgan fingerprint density at radius 3 is 2.64 bits per heavy atom. The Morgan fingerprint density at radius 2 is 1.93 bits per heavy atom. The molecule has 2 N–H and O–H groups in total. The second kappa shape index (κ2) is 7.81. The second-order valence-electron chi connectivity index (χ2n) is 7.68. The molecule has 148 valence electrons. The number of carbonyl (C=O) groups excluding carboxylic acids is 1. The predicted molar refractivity (Wildman–Crippen MR) is 108 cm³/mol. The molecule has 1 aromatic heterocycles. The first-order valence-corrected chi connectivity index (χ1v) is 10.8. The van der Waals surface area contributed by atoms with Gasteiger partial charge in [-0.05, 0) is 49.6 Å². The number of furan rings is 1. The SMILES string of the molecule is O=C(N[C@@H]1C[C@H]2CC[C@@H]1N2)c1ccc(Sc2ccc(N3CCOCC3)o2)cc1. The summed E-state index contributed by atoms with van der Waals surface area (Å²) in [4.78, 5) is 15.8. The van der Waals surface area contributed by atoms with E-state index >= 15 is 0 Å². The van der Waals surface area contributed by atoms with Crippen LogP contribution in [0.15, 0.2) is 50.8 Å². The number of nitrogens with zero attached hydrogens (tertiary/aromatic N) is 1. The third-order valence-electron chi connectivity index (χ3n) is 5.84. The van der Waals surface area contributed by atoms with Crippen LogP contribution >= 0.6 is 11.8 Å². The molecule has 0 saturated carbocycles. The van der Waals surface area contributed by atoms with E-state index in [1.54, 1.807) is 11.8 Å². The van der Waals surface area contributed by atoms with Crippen molar-refractivity contribution < 1.29 is 13.9 Å². The third kappa shape index (κ3) is 3.79. The van der Waals surface area contributed by atoms with Gasteiger partial charge in [0.25, 0.3) is 5.91 Å². The van der Waals surface area contributed by atoms with Crippen molar-refractivity contribution in [2.24, 2.45) is 0 Å². The average Bonchev–Trinajstić information content (AvgIpc) is 3.46. The molecule has 3 aliphatic rings. The Labute approximate surface area is 169 Å². The van der Waals surface area contributed by atoms with E-state index in [1.165, 1.54) is 12.8 Å². The van der Waals surface area contributed by atoms with Crippen molar-refractivity contribution in [2.75, 3.05) is 31.2 Å². The van der Waals surface area contributed by atoms with Gasteiger partial charge < -0.3 is 24.7 Å². The minimum atomic E-state index is 0.0171. The number of carbonyl (C=O) groups is 1. The van der Waals surface area contributed by atoms with Gasteiger partial charge in [-0.25, -0.2) is 0 Å². The Kier molecular flexibility index (Phi) is 5.05. The summed E-state index contributed by atoms with van der Waals surface area (Å²) in [5, 5.41) is 7.60. The molecule has 0 unspecified atom stereocenters. The lowest BCUT2D eigenvalue weighted by Gasteiger charge is -2.26. The van der Waals surface area contributed by atoms with Crippen molar-refractivity contribution in [3.05, 3.63) is 42.0 Å². The highest BCUT2D eigenvalue weighted by molar-refractivity contribution is 7.99. The number of fused-ring (bicyclic) bond motifs is 2. The summed E-state index contributed by atoms with van der Waals surface area (Å²) in [6.07, 6.45) is 3.46. The van der Waals surface area contributed by atoms with Gasteiger partial charge in [-0.3, -0.25) is 4.79 Å². The number of hydrogen-bond donors (Lipinski definition) is 2. The molecule has 3 fully saturated rings. The van der Waals surface area contributed by atoms with Gasteiger partial charge in [0.2, 0.25) is 0 Å². The average molecular weight is 400 g/mol. The largest absolute Gasteiger partial charge is 0.434 e. The van der Waals surface area contributed by atoms with Crippen LogP contribution < -0.4 is 15.5 Å². The molecule has 4 heterocycles. The zero-order chi connectivity index (χ0) is 18.9. The summed E-state index contributed by atoms with van der Waals surface area (Å²) < 4.78 is 11.4. The van der Waals surface area contributed by atoms with Gasteiger partial charge in [-0.2, -0.15) is 0 Å². The fourth-order valence-corrected chi connectivity index (χ4v) is 5.11. The van der Waals surface area contributed by atoms with E-state index in [9.17, 15) is 4.79 Å². The van der Waals surface area contributed by atoms with Crippen molar-refractivity contribution in [3.63, 3.8) is 0 Å². The Hall–Kier alpha value is -1.96. The van der Waals surface area contributed by atoms with Gasteiger partial charge in [0.1, 0.15) is 0 Å². The van der Waals surface area contributed by atoms with Gasteiger partial charge >= 0.3 is 0 Å². The molecule has 5 rings (SSSR count). The van der Waals surface area contributed by atoms with Crippen LogP contribution in [0.5, 0.6) is 0 Å². The van der Waals surface area contributed by atoms with E-state index in [0.29, 0.717) is 17.6 Å². The number of ether oxygens (including phenoxy) is 1. The van der Waals surface area contributed by atoms with E-state index in [-0.39, 0.29) is 11.9 Å². The lowest BCUT2D eigenvalue weighted by molar-refractivity contribution is 0.0931. The van der Waals surface area contributed by atoms with Gasteiger partial charge in [-0.1, -0.05) is 11.8 Å². The summed E-state index contributed by atoms with van der Waals surface area (Å²) in [6, 6.07) is 13.1. The van der Waals surface area contributed by atoms with Gasteiger partial charge in [-0.15, -0.1) is 0 Å². The molecule has 0 spiro atoms. The number of amides is 1. The quantitative estimate of drug-likeness (QED) is 0.806. The lowest BCUT2D eigenvalue weighted by Crippen LogP contribution is -2.42. The highest BCUT2D eigenvalue weighted by Crippen LogP contribution is 2.33. The van der Waals surface area contributed by atoms with Crippen molar-refractivity contribution in [3.8, 4) is 0 Å². The molecule has 3 aliphatic heterocycles. The molecule has 2 aromatic rings. The molecule has 1 aromatic carbocycles. The van der Waals surface area contributed by atoms with Crippen LogP contribution in [-0.2, 0) is 4.74 Å². The standard InChI is InChI=1S/C21H25N3O3S/c25-21(23-18-13-15-3-6-17(18)22-15)14-1-4-16(5-2-14)28-20-8-7-19(27-20)24-9-11-26-12-10-24/h1-2,4-5,7-8,15,17-18,22H,3,6,9-13H2,(H,23,25)/t15-,17+,18-/m1/s1. The fraction of sp³-hybridized carbons (Fsp3) is 0.476. The number of anilines is 1. The summed E-state index contributed by atoms with van der Waals surface area (Å²) in [6.45, 7) is 3.20. The van der Waals surface area contributed by atoms with Crippen LogP contribution in [0.2, 0.25) is 0 Å². The molecule has 3 saturated heterocycles. The minimum Gasteiger partial charge on any atom is -0.434 e. The molecule has 0 aliphatic carbocycles. The number of nitrogens with one attached hydrogen (secondary N) is 2. The van der Waals surface area contributed by atoms with E-state index in [1.807, 2.05) is 36.4 Å². The molecular formula is C21H25N3O3S. The Morgan fingerprint density at radius 1 is 1.11 bits per heavy atom. The zero-order valence-electron chi connectivity index (χ0n) is 15.7. The maximum absolute atomic E-state index is 12.5. The van der Waals surface area contributed by atoms with Crippen LogP contribution in [0.3, 0.4) is 0 Å². The molecular weight excluding hydrogens is 374 g/mol. The van der Waals surface area contributed by atoms with Crippen LogP contribution in [-0.4, -0.2) is 50.3 Å². The monoisotopic (exact) mass is 399 g/mol. The molecule has 28 heavy (non-hydrogen) atoms. The van der Waals surface area contributed by atoms with Crippen molar-refractivity contribution in [1.29, 1.82) is 0 Å². The van der Waals surface area contributed by atoms with Crippen LogP contribution in [0.1, 0.15) is 29.6 Å².